The third kappa shape index (κ3) is 7.70. The fraction of sp³-hybridized carbons (Fsp3) is 0.294. The Morgan fingerprint density at radius 3 is 2.00 bits per heavy atom. The summed E-state index contributed by atoms with van der Waals surface area (Å²) in [7, 11) is -3.67. The van der Waals surface area contributed by atoms with Gasteiger partial charge in [-0.25, -0.2) is 0 Å². The number of aliphatic hydroxyl groups excluding tert-OH is 1. The van der Waals surface area contributed by atoms with Gasteiger partial charge in [0.05, 0.1) is 23.3 Å². The van der Waals surface area contributed by atoms with E-state index in [1.807, 2.05) is 37.3 Å². The molecule has 2 unspecified atom stereocenters. The molecule has 0 bridgehead atoms. The van der Waals surface area contributed by atoms with Gasteiger partial charge in [-0.3, -0.25) is 14.7 Å². The van der Waals surface area contributed by atoms with Gasteiger partial charge in [0.1, 0.15) is 0 Å². The van der Waals surface area contributed by atoms with E-state index in [-0.39, 0.29) is 11.7 Å². The van der Waals surface area contributed by atoms with Crippen LogP contribution in [0, 0.1) is 10.1 Å². The number of nitro benzene ring substituents is 1. The molecular weight excluding hydrogens is 360 g/mol. The Balaban J connectivity index is 0.000000597. The van der Waals surface area contributed by atoms with Gasteiger partial charge in [0.2, 0.25) is 0 Å². The minimum Gasteiger partial charge on any atom is -0.386 e. The molecule has 26 heavy (non-hydrogen) atoms. The molecule has 2 atom stereocenters. The van der Waals surface area contributed by atoms with Crippen molar-refractivity contribution in [1.82, 2.24) is 5.32 Å². The number of hydrogen-bond donors (Lipinski definition) is 3. The number of aliphatic hydroxyl groups is 1. The van der Waals surface area contributed by atoms with Crippen LogP contribution in [0.2, 0.25) is 0 Å². The number of benzene rings is 2. The van der Waals surface area contributed by atoms with Gasteiger partial charge in [-0.05, 0) is 17.7 Å². The van der Waals surface area contributed by atoms with Crippen LogP contribution in [0.1, 0.15) is 30.2 Å². The summed E-state index contributed by atoms with van der Waals surface area (Å²) in [5.41, 5.74) is 1.67. The molecule has 0 aliphatic rings. The Morgan fingerprint density at radius 2 is 1.58 bits per heavy atom. The molecule has 0 radical (unpaired) electrons. The molecule has 0 aliphatic heterocycles. The van der Waals surface area contributed by atoms with E-state index in [0.717, 1.165) is 11.1 Å². The van der Waals surface area contributed by atoms with Crippen LogP contribution in [0.5, 0.6) is 0 Å². The van der Waals surface area contributed by atoms with Crippen molar-refractivity contribution in [2.75, 3.05) is 12.8 Å². The van der Waals surface area contributed by atoms with E-state index >= 15 is 0 Å². The van der Waals surface area contributed by atoms with Gasteiger partial charge in [0, 0.05) is 12.1 Å². The van der Waals surface area contributed by atoms with Crippen LogP contribution in [-0.2, 0) is 10.1 Å². The number of likely N-dealkylation sites (N-methyl/N-ethyl adjacent to an activating group) is 1. The normalized spacial score (nSPS) is 13.2. The monoisotopic (exact) mass is 382 g/mol. The molecule has 9 heteroatoms. The first-order valence-corrected chi connectivity index (χ1v) is 9.61. The van der Waals surface area contributed by atoms with E-state index in [2.05, 4.69) is 5.32 Å². The fourth-order valence-corrected chi connectivity index (χ4v) is 2.28. The summed E-state index contributed by atoms with van der Waals surface area (Å²) in [4.78, 5) is 10.3. The van der Waals surface area contributed by atoms with Crippen molar-refractivity contribution in [3.05, 3.63) is 75.8 Å². The van der Waals surface area contributed by atoms with Gasteiger partial charge in [-0.1, -0.05) is 49.4 Å². The van der Waals surface area contributed by atoms with Crippen molar-refractivity contribution in [3.8, 4) is 0 Å². The molecule has 0 aliphatic carbocycles. The largest absolute Gasteiger partial charge is 0.386 e. The molecule has 2 rings (SSSR count). The number of rotatable bonds is 6. The second kappa shape index (κ2) is 9.97. The maximum atomic E-state index is 10.7. The van der Waals surface area contributed by atoms with Gasteiger partial charge in [0.15, 0.2) is 0 Å². The van der Waals surface area contributed by atoms with Gasteiger partial charge >= 0.3 is 0 Å². The molecule has 0 fully saturated rings. The van der Waals surface area contributed by atoms with Crippen LogP contribution >= 0.6 is 0 Å². The summed E-state index contributed by atoms with van der Waals surface area (Å²) < 4.78 is 25.9. The van der Waals surface area contributed by atoms with E-state index in [0.29, 0.717) is 12.8 Å². The third-order valence-corrected chi connectivity index (χ3v) is 3.34. The number of hydrogen-bond acceptors (Lipinski definition) is 6. The molecule has 0 saturated heterocycles. The average molecular weight is 382 g/mol. The van der Waals surface area contributed by atoms with E-state index < -0.39 is 21.1 Å². The van der Waals surface area contributed by atoms with Gasteiger partial charge in [0.25, 0.3) is 15.8 Å². The number of nitrogens with one attached hydrogen (secondary N) is 1. The first kappa shape index (κ1) is 21.7. The zero-order valence-corrected chi connectivity index (χ0v) is 15.3. The molecule has 0 spiro atoms. The molecular formula is C17H22N2O6S. The van der Waals surface area contributed by atoms with E-state index in [1.165, 1.54) is 12.1 Å². The minimum atomic E-state index is -3.67. The Morgan fingerprint density at radius 1 is 1.08 bits per heavy atom. The predicted octanol–water partition coefficient (Wildman–Crippen LogP) is 2.48. The smallest absolute Gasteiger partial charge is 0.269 e. The SMILES string of the molecule is CCNC(c1ccc([N+](=O)[O-])cc1)C(O)c1ccccc1.CS(=O)(=O)O. The van der Waals surface area contributed by atoms with Crippen molar-refractivity contribution in [2.24, 2.45) is 0 Å². The molecule has 8 nitrogen and oxygen atoms in total. The zero-order chi connectivity index (χ0) is 19.7. The Bertz CT molecular complexity index is 786. The number of non-ortho nitro benzene ring substituents is 1. The maximum Gasteiger partial charge on any atom is 0.269 e. The lowest BCUT2D eigenvalue weighted by atomic mass is 9.95. The van der Waals surface area contributed by atoms with Crippen molar-refractivity contribution >= 4 is 15.8 Å². The average Bonchev–Trinajstić information content (AvgIpc) is 2.58. The molecule has 2 aromatic carbocycles. The second-order valence-electron chi connectivity index (χ2n) is 5.47. The Kier molecular flexibility index (Phi) is 8.33. The van der Waals surface area contributed by atoms with Crippen molar-refractivity contribution in [3.63, 3.8) is 0 Å². The maximum absolute atomic E-state index is 10.7. The lowest BCUT2D eigenvalue weighted by Crippen LogP contribution is -2.27. The van der Waals surface area contributed by atoms with Gasteiger partial charge in [-0.2, -0.15) is 8.42 Å². The minimum absolute atomic E-state index is 0.0446. The molecule has 0 amide bonds. The van der Waals surface area contributed by atoms with Gasteiger partial charge in [-0.15, -0.1) is 0 Å². The fourth-order valence-electron chi connectivity index (χ4n) is 2.28. The van der Waals surface area contributed by atoms with Crippen LogP contribution in [0.3, 0.4) is 0 Å². The first-order valence-electron chi connectivity index (χ1n) is 7.76. The predicted molar refractivity (Wildman–Crippen MR) is 98.4 cm³/mol. The molecule has 0 aromatic heterocycles. The summed E-state index contributed by atoms with van der Waals surface area (Å²) in [5.74, 6) is 0. The standard InChI is InChI=1S/C16H18N2O3.CH4O3S/c1-2-17-15(16(19)13-6-4-3-5-7-13)12-8-10-14(11-9-12)18(20)21;1-5(2,3)4/h3-11,15-17,19H,2H2,1H3;1H3,(H,2,3,4). The summed E-state index contributed by atoms with van der Waals surface area (Å²) in [6.07, 6.45) is 0.0000983. The van der Waals surface area contributed by atoms with E-state index in [1.54, 1.807) is 12.1 Å². The summed E-state index contributed by atoms with van der Waals surface area (Å²) >= 11 is 0. The van der Waals surface area contributed by atoms with Crippen LogP contribution in [0.25, 0.3) is 0 Å². The lowest BCUT2D eigenvalue weighted by Gasteiger charge is -2.24. The second-order valence-corrected chi connectivity index (χ2v) is 6.94. The number of nitro groups is 1. The highest BCUT2D eigenvalue weighted by Crippen LogP contribution is 2.29. The topological polar surface area (TPSA) is 130 Å². The van der Waals surface area contributed by atoms with E-state index in [4.69, 9.17) is 4.55 Å². The van der Waals surface area contributed by atoms with Crippen LogP contribution in [0.4, 0.5) is 5.69 Å². The van der Waals surface area contributed by atoms with Crippen molar-refractivity contribution in [2.45, 2.75) is 19.1 Å². The highest BCUT2D eigenvalue weighted by molar-refractivity contribution is 7.85. The van der Waals surface area contributed by atoms with Gasteiger partial charge < -0.3 is 10.4 Å². The molecule has 0 heterocycles. The highest BCUT2D eigenvalue weighted by atomic mass is 32.2. The summed E-state index contributed by atoms with van der Waals surface area (Å²) in [6, 6.07) is 15.3. The van der Waals surface area contributed by atoms with E-state index in [9.17, 15) is 23.6 Å². The van der Waals surface area contributed by atoms with Crippen LogP contribution in [0.15, 0.2) is 54.6 Å². The molecule has 0 saturated carbocycles. The molecule has 3 N–H and O–H groups in total. The summed E-state index contributed by atoms with van der Waals surface area (Å²) in [5, 5.41) is 24.5. The number of nitrogens with zero attached hydrogens (tertiary/aromatic N) is 1. The zero-order valence-electron chi connectivity index (χ0n) is 14.4. The first-order chi connectivity index (χ1) is 12.1. The molecule has 142 valence electrons. The quantitative estimate of drug-likeness (QED) is 0.397. The van der Waals surface area contributed by atoms with Crippen LogP contribution in [-0.4, -0.2) is 35.8 Å². The Hall–Kier alpha value is -2.33. The van der Waals surface area contributed by atoms with Crippen LogP contribution < -0.4 is 5.32 Å². The third-order valence-electron chi connectivity index (χ3n) is 3.34. The molecule has 2 aromatic rings. The lowest BCUT2D eigenvalue weighted by molar-refractivity contribution is -0.384. The highest BCUT2D eigenvalue weighted by Gasteiger charge is 2.22. The van der Waals surface area contributed by atoms with Crippen molar-refractivity contribution in [1.29, 1.82) is 0 Å². The summed E-state index contributed by atoms with van der Waals surface area (Å²) in [6.45, 7) is 2.64. The Labute approximate surface area is 152 Å². The van der Waals surface area contributed by atoms with Crippen molar-refractivity contribution < 1.29 is 23.0 Å².